The minimum atomic E-state index is -0.870. The molecule has 1 N–H and O–H groups in total. The molecule has 0 saturated carbocycles. The highest BCUT2D eigenvalue weighted by Gasteiger charge is 2.44. The van der Waals surface area contributed by atoms with Crippen LogP contribution >= 0.6 is 11.8 Å². The number of nitrogens with one attached hydrogen (secondary N) is 1. The number of thioether (sulfide) groups is 1. The Kier molecular flexibility index (Phi) is 4.48. The maximum atomic E-state index is 12.2. The summed E-state index contributed by atoms with van der Waals surface area (Å²) in [6.45, 7) is 3.52. The van der Waals surface area contributed by atoms with Crippen LogP contribution in [-0.4, -0.2) is 10.9 Å². The Morgan fingerprint density at radius 1 is 1.28 bits per heavy atom. The van der Waals surface area contributed by atoms with Crippen molar-refractivity contribution in [2.24, 2.45) is 11.3 Å². The van der Waals surface area contributed by atoms with E-state index in [1.54, 1.807) is 20.0 Å². The molecule has 25 heavy (non-hydrogen) atoms. The van der Waals surface area contributed by atoms with E-state index in [4.69, 9.17) is 0 Å². The van der Waals surface area contributed by atoms with Gasteiger partial charge in [0.2, 0.25) is 5.91 Å². The van der Waals surface area contributed by atoms with E-state index < -0.39 is 11.3 Å². The van der Waals surface area contributed by atoms with Crippen molar-refractivity contribution in [1.82, 2.24) is 10.3 Å². The van der Waals surface area contributed by atoms with Crippen LogP contribution < -0.4 is 5.32 Å². The summed E-state index contributed by atoms with van der Waals surface area (Å²) in [6, 6.07) is 14.0. The average molecular weight is 348 g/mol. The summed E-state index contributed by atoms with van der Waals surface area (Å²) in [5.74, 6) is -0.654. The fourth-order valence-electron chi connectivity index (χ4n) is 2.97. The van der Waals surface area contributed by atoms with E-state index in [0.717, 1.165) is 16.5 Å². The largest absolute Gasteiger partial charge is 0.319 e. The number of carbonyl (C=O) groups is 1. The molecule has 3 rings (SSSR count). The fraction of sp³-hybridized carbons (Fsp3) is 0.263. The van der Waals surface area contributed by atoms with Gasteiger partial charge in [0, 0.05) is 22.8 Å². The molecule has 0 radical (unpaired) electrons. The number of benzene rings is 1. The van der Waals surface area contributed by atoms with Gasteiger partial charge in [0.15, 0.2) is 0 Å². The van der Waals surface area contributed by atoms with Gasteiger partial charge in [-0.2, -0.15) is 10.5 Å². The normalized spacial score (nSPS) is 19.2. The van der Waals surface area contributed by atoms with Crippen molar-refractivity contribution in [1.29, 1.82) is 10.5 Å². The third-order valence-electron chi connectivity index (χ3n) is 4.42. The summed E-state index contributed by atoms with van der Waals surface area (Å²) in [4.78, 5) is 16.7. The first kappa shape index (κ1) is 17.0. The third-order valence-corrected chi connectivity index (χ3v) is 5.47. The molecular weight excluding hydrogens is 332 g/mol. The maximum absolute atomic E-state index is 12.2. The Balaban J connectivity index is 1.94. The molecular formula is C19H16N4OS. The maximum Gasteiger partial charge on any atom is 0.243 e. The first-order valence-corrected chi connectivity index (χ1v) is 8.78. The van der Waals surface area contributed by atoms with Gasteiger partial charge in [-0.1, -0.05) is 38.1 Å². The van der Waals surface area contributed by atoms with Gasteiger partial charge in [0.25, 0.3) is 0 Å². The highest BCUT2D eigenvalue weighted by atomic mass is 32.2. The van der Waals surface area contributed by atoms with Crippen LogP contribution in [-0.2, 0) is 10.5 Å². The molecule has 1 aliphatic rings. The standard InChI is InChI=1S/C19H16N4OS/c1-19(2)14(9-20)17(24)23-18(15(19)10-21)25-11-13-6-3-5-12-7-4-8-22-16(12)13/h3-8,14H,11H2,1-2H3,(H,23,24)/t14-/m1/s1. The monoisotopic (exact) mass is 348 g/mol. The topological polar surface area (TPSA) is 89.6 Å². The van der Waals surface area contributed by atoms with Crippen LogP contribution in [0.3, 0.4) is 0 Å². The number of amides is 1. The second-order valence-corrected chi connectivity index (χ2v) is 7.36. The lowest BCUT2D eigenvalue weighted by molar-refractivity contribution is -0.125. The SMILES string of the molecule is CC1(C)C(C#N)=C(SCc2cccc3cccnc23)NC(=O)[C@H]1C#N. The molecule has 1 aliphatic heterocycles. The van der Waals surface area contributed by atoms with Gasteiger partial charge < -0.3 is 5.32 Å². The second-order valence-electron chi connectivity index (χ2n) is 6.37. The van der Waals surface area contributed by atoms with E-state index in [1.807, 2.05) is 36.4 Å². The van der Waals surface area contributed by atoms with E-state index in [9.17, 15) is 15.3 Å². The molecule has 1 aromatic carbocycles. The number of hydrogen-bond acceptors (Lipinski definition) is 5. The average Bonchev–Trinajstić information content (AvgIpc) is 2.59. The molecule has 1 amide bonds. The number of fused-ring (bicyclic) bond motifs is 1. The number of nitrogens with zero attached hydrogens (tertiary/aromatic N) is 3. The van der Waals surface area contributed by atoms with Crippen molar-refractivity contribution in [2.75, 3.05) is 0 Å². The minimum absolute atomic E-state index is 0.356. The first-order chi connectivity index (χ1) is 12.0. The molecule has 1 atom stereocenters. The van der Waals surface area contributed by atoms with Gasteiger partial charge in [-0.05, 0) is 11.6 Å². The molecule has 0 aliphatic carbocycles. The van der Waals surface area contributed by atoms with E-state index in [1.165, 1.54) is 11.8 Å². The number of carbonyl (C=O) groups excluding carboxylic acids is 1. The zero-order valence-corrected chi connectivity index (χ0v) is 14.7. The summed E-state index contributed by atoms with van der Waals surface area (Å²) in [7, 11) is 0. The van der Waals surface area contributed by atoms with Gasteiger partial charge >= 0.3 is 0 Å². The van der Waals surface area contributed by atoms with Crippen molar-refractivity contribution in [2.45, 2.75) is 19.6 Å². The van der Waals surface area contributed by atoms with E-state index in [-0.39, 0.29) is 5.91 Å². The number of hydrogen-bond donors (Lipinski definition) is 1. The molecule has 2 aromatic rings. The van der Waals surface area contributed by atoms with Crippen molar-refractivity contribution in [3.05, 3.63) is 52.7 Å². The number of allylic oxidation sites excluding steroid dienone is 1. The number of rotatable bonds is 3. The van der Waals surface area contributed by atoms with Crippen LogP contribution in [0.15, 0.2) is 47.1 Å². The highest BCUT2D eigenvalue weighted by Crippen LogP contribution is 2.42. The van der Waals surface area contributed by atoms with Crippen molar-refractivity contribution >= 4 is 28.6 Å². The van der Waals surface area contributed by atoms with Gasteiger partial charge in [-0.25, -0.2) is 0 Å². The molecule has 0 fully saturated rings. The molecule has 1 aromatic heterocycles. The van der Waals surface area contributed by atoms with Gasteiger partial charge in [0.05, 0.1) is 28.3 Å². The second kappa shape index (κ2) is 6.58. The number of para-hydroxylation sites is 1. The molecule has 0 bridgehead atoms. The quantitative estimate of drug-likeness (QED) is 0.917. The molecule has 6 heteroatoms. The first-order valence-electron chi connectivity index (χ1n) is 7.79. The van der Waals surface area contributed by atoms with E-state index >= 15 is 0 Å². The van der Waals surface area contributed by atoms with Crippen molar-refractivity contribution in [3.8, 4) is 12.1 Å². The predicted octanol–water partition coefficient (Wildman–Crippen LogP) is 3.50. The minimum Gasteiger partial charge on any atom is -0.319 e. The number of aromatic nitrogens is 1. The van der Waals surface area contributed by atoms with Gasteiger partial charge in [0.1, 0.15) is 5.92 Å². The summed E-state index contributed by atoms with van der Waals surface area (Å²) >= 11 is 1.39. The number of nitriles is 2. The van der Waals surface area contributed by atoms with Gasteiger partial charge in [-0.15, -0.1) is 11.8 Å². The van der Waals surface area contributed by atoms with Crippen molar-refractivity contribution in [3.63, 3.8) is 0 Å². The Labute approximate surface area is 150 Å². The Morgan fingerprint density at radius 3 is 2.76 bits per heavy atom. The molecule has 0 spiro atoms. The number of pyridine rings is 1. The zero-order chi connectivity index (χ0) is 18.0. The van der Waals surface area contributed by atoms with Gasteiger partial charge in [-0.3, -0.25) is 9.78 Å². The summed E-state index contributed by atoms with van der Waals surface area (Å²) in [5.41, 5.74) is 1.57. The predicted molar refractivity (Wildman–Crippen MR) is 96.7 cm³/mol. The molecule has 2 heterocycles. The summed E-state index contributed by atoms with van der Waals surface area (Å²) < 4.78 is 0. The van der Waals surface area contributed by atoms with E-state index in [0.29, 0.717) is 16.4 Å². The lowest BCUT2D eigenvalue weighted by atomic mass is 9.72. The lowest BCUT2D eigenvalue weighted by Gasteiger charge is -2.34. The summed E-state index contributed by atoms with van der Waals surface area (Å²) in [5, 5.41) is 23.1. The fourth-order valence-corrected chi connectivity index (χ4v) is 4.13. The highest BCUT2D eigenvalue weighted by molar-refractivity contribution is 8.02. The Morgan fingerprint density at radius 2 is 2.04 bits per heavy atom. The van der Waals surface area contributed by atoms with E-state index in [2.05, 4.69) is 16.4 Å². The van der Waals surface area contributed by atoms with Crippen LogP contribution in [0.1, 0.15) is 19.4 Å². The van der Waals surface area contributed by atoms with Crippen molar-refractivity contribution < 1.29 is 4.79 Å². The molecule has 5 nitrogen and oxygen atoms in total. The Bertz CT molecular complexity index is 960. The lowest BCUT2D eigenvalue weighted by Crippen LogP contribution is -2.44. The molecule has 124 valence electrons. The van der Waals surface area contributed by atoms with Crippen LogP contribution in [0.4, 0.5) is 0 Å². The Hall–Kier alpha value is -2.83. The smallest absolute Gasteiger partial charge is 0.243 e. The third kappa shape index (κ3) is 2.97. The molecule has 0 unspecified atom stereocenters. The van der Waals surface area contributed by atoms with Crippen LogP contribution in [0.5, 0.6) is 0 Å². The van der Waals surface area contributed by atoms with Crippen LogP contribution in [0.2, 0.25) is 0 Å². The van der Waals surface area contributed by atoms with Crippen LogP contribution in [0, 0.1) is 34.0 Å². The zero-order valence-electron chi connectivity index (χ0n) is 13.9. The summed E-state index contributed by atoms with van der Waals surface area (Å²) in [6.07, 6.45) is 1.75. The van der Waals surface area contributed by atoms with Crippen LogP contribution in [0.25, 0.3) is 10.9 Å². The molecule has 0 saturated heterocycles.